The molecule has 5 rings (SSSR count). The summed E-state index contributed by atoms with van der Waals surface area (Å²) >= 11 is 0. The van der Waals surface area contributed by atoms with Crippen molar-refractivity contribution in [3.8, 4) is 11.3 Å². The number of aryl methyl sites for hydroxylation is 3. The molecule has 38 heavy (non-hydrogen) atoms. The Kier molecular flexibility index (Phi) is 9.29. The molecule has 7 heteroatoms. The summed E-state index contributed by atoms with van der Waals surface area (Å²) < 4.78 is 2.13. The molecule has 0 bridgehead atoms. The van der Waals surface area contributed by atoms with Crippen LogP contribution in [0.25, 0.3) is 11.3 Å². The number of carbonyl (C=O) groups excluding carboxylic acids is 1. The number of amides is 1. The molecule has 3 heterocycles. The van der Waals surface area contributed by atoms with Crippen molar-refractivity contribution in [2.24, 2.45) is 0 Å². The smallest absolute Gasteiger partial charge is 0.225 e. The second-order valence-corrected chi connectivity index (χ2v) is 10.6. The topological polar surface area (TPSA) is 66.1 Å². The van der Waals surface area contributed by atoms with Gasteiger partial charge in [0.1, 0.15) is 5.69 Å². The highest BCUT2D eigenvalue weighted by Crippen LogP contribution is 2.30. The van der Waals surface area contributed by atoms with E-state index in [2.05, 4.69) is 56.1 Å². The van der Waals surface area contributed by atoms with Gasteiger partial charge in [0.2, 0.25) is 11.9 Å². The number of unbranched alkanes of at least 4 members (excludes halogenated alkanes) is 7. The predicted molar refractivity (Wildman–Crippen MR) is 150 cm³/mol. The summed E-state index contributed by atoms with van der Waals surface area (Å²) in [5.74, 6) is 1.06. The Hall–Kier alpha value is -3.35. The van der Waals surface area contributed by atoms with Crippen LogP contribution < -0.4 is 9.58 Å². The van der Waals surface area contributed by atoms with Crippen molar-refractivity contribution in [1.82, 2.24) is 20.0 Å². The number of benzene rings is 1. The van der Waals surface area contributed by atoms with E-state index in [9.17, 15) is 4.79 Å². The second kappa shape index (κ2) is 13.4. The molecule has 7 nitrogen and oxygen atoms in total. The highest BCUT2D eigenvalue weighted by atomic mass is 16.2. The number of piperazine rings is 1. The van der Waals surface area contributed by atoms with Crippen molar-refractivity contribution in [1.29, 1.82) is 0 Å². The molecule has 0 unspecified atom stereocenters. The first-order valence-electron chi connectivity index (χ1n) is 14.6. The lowest BCUT2D eigenvalue weighted by Crippen LogP contribution is -2.49. The summed E-state index contributed by atoms with van der Waals surface area (Å²) in [5.41, 5.74) is 5.29. The molecule has 1 aliphatic heterocycles. The van der Waals surface area contributed by atoms with Crippen LogP contribution in [0.3, 0.4) is 0 Å². The molecule has 0 radical (unpaired) electrons. The van der Waals surface area contributed by atoms with Gasteiger partial charge in [-0.05, 0) is 42.9 Å². The van der Waals surface area contributed by atoms with Crippen LogP contribution in [0, 0.1) is 0 Å². The van der Waals surface area contributed by atoms with Crippen LogP contribution >= 0.6 is 0 Å². The molecule has 0 spiro atoms. The summed E-state index contributed by atoms with van der Waals surface area (Å²) in [4.78, 5) is 25.4. The maximum Gasteiger partial charge on any atom is 0.225 e. The van der Waals surface area contributed by atoms with E-state index in [4.69, 9.17) is 5.10 Å². The van der Waals surface area contributed by atoms with Crippen LogP contribution in [-0.4, -0.2) is 52.1 Å². The average molecular weight is 514 g/mol. The van der Waals surface area contributed by atoms with E-state index in [-0.39, 0.29) is 0 Å². The van der Waals surface area contributed by atoms with Crippen molar-refractivity contribution in [3.63, 3.8) is 0 Å². The van der Waals surface area contributed by atoms with Gasteiger partial charge in [-0.3, -0.25) is 4.79 Å². The van der Waals surface area contributed by atoms with Crippen molar-refractivity contribution in [2.75, 3.05) is 31.1 Å². The minimum absolute atomic E-state index is 0.301. The molecule has 1 aliphatic carbocycles. The maximum atomic E-state index is 12.6. The first-order chi connectivity index (χ1) is 18.8. The van der Waals surface area contributed by atoms with Gasteiger partial charge >= 0.3 is 0 Å². The number of aromatic nitrogens is 4. The van der Waals surface area contributed by atoms with Gasteiger partial charge in [-0.25, -0.2) is 9.97 Å². The fourth-order valence-electron chi connectivity index (χ4n) is 5.65. The molecule has 3 aromatic rings. The number of fused-ring (bicyclic) bond motifs is 3. The summed E-state index contributed by atoms with van der Waals surface area (Å²) in [6, 6.07) is 12.8. The highest BCUT2D eigenvalue weighted by molar-refractivity contribution is 5.76. The molecule has 1 saturated heterocycles. The van der Waals surface area contributed by atoms with Crippen molar-refractivity contribution in [3.05, 3.63) is 66.1 Å². The zero-order chi connectivity index (χ0) is 26.0. The van der Waals surface area contributed by atoms with Gasteiger partial charge in [0.15, 0.2) is 12.7 Å². The van der Waals surface area contributed by atoms with E-state index < -0.39 is 0 Å². The van der Waals surface area contributed by atoms with Gasteiger partial charge in [0.05, 0.1) is 0 Å². The van der Waals surface area contributed by atoms with E-state index >= 15 is 0 Å². The standard InChI is InChI=1S/C31H41N6O/c38-29(35-22-24-36(25-23-35)31-32-18-11-19-33-31)14-7-5-3-1-2-4-6-10-20-37-21-17-27-16-15-26-12-8-9-13-28(26)30(27)34-37/h8-9,11-13,17-19,21H,1-7,10,14-16,20,22-25H2/q+1. The third-order valence-corrected chi connectivity index (χ3v) is 7.91. The largest absolute Gasteiger partial charge is 0.339 e. The SMILES string of the molecule is O=C(CCCCCCCCCC[n+]1ccc2c(n1)-c1ccccc1CC2)N1CCN(c2ncccn2)CC1. The number of rotatable bonds is 12. The quantitative estimate of drug-likeness (QED) is 0.258. The van der Waals surface area contributed by atoms with Gasteiger partial charge < -0.3 is 9.80 Å². The van der Waals surface area contributed by atoms with E-state index in [1.165, 1.54) is 60.9 Å². The molecular weight excluding hydrogens is 472 g/mol. The van der Waals surface area contributed by atoms with Crippen LogP contribution in [0.5, 0.6) is 0 Å². The summed E-state index contributed by atoms with van der Waals surface area (Å²) in [5, 5.41) is 4.97. The zero-order valence-electron chi connectivity index (χ0n) is 22.6. The third-order valence-electron chi connectivity index (χ3n) is 7.91. The fourth-order valence-corrected chi connectivity index (χ4v) is 5.65. The van der Waals surface area contributed by atoms with Crippen LogP contribution in [0.1, 0.15) is 68.9 Å². The number of carbonyl (C=O) groups is 1. The van der Waals surface area contributed by atoms with Gasteiger partial charge in [-0.1, -0.05) is 61.1 Å². The van der Waals surface area contributed by atoms with Crippen molar-refractivity contribution >= 4 is 11.9 Å². The fraction of sp³-hybridized carbons (Fsp3) is 0.516. The first kappa shape index (κ1) is 26.3. The van der Waals surface area contributed by atoms with E-state index in [0.29, 0.717) is 12.3 Å². The molecule has 0 saturated carbocycles. The number of anilines is 1. The minimum Gasteiger partial charge on any atom is -0.339 e. The summed E-state index contributed by atoms with van der Waals surface area (Å²) in [7, 11) is 0. The zero-order valence-corrected chi connectivity index (χ0v) is 22.6. The Bertz CT molecular complexity index is 1180. The maximum absolute atomic E-state index is 12.6. The van der Waals surface area contributed by atoms with Crippen LogP contribution in [0.2, 0.25) is 0 Å². The van der Waals surface area contributed by atoms with Gasteiger partial charge in [0, 0.05) is 68.1 Å². The summed E-state index contributed by atoms with van der Waals surface area (Å²) in [6.07, 6.45) is 18.2. The van der Waals surface area contributed by atoms with Crippen LogP contribution in [0.4, 0.5) is 5.95 Å². The molecular formula is C31H41N6O+. The molecule has 200 valence electrons. The van der Waals surface area contributed by atoms with Gasteiger partial charge in [-0.2, -0.15) is 0 Å². The normalized spacial score (nSPS) is 14.7. The van der Waals surface area contributed by atoms with E-state index in [1.54, 1.807) is 12.4 Å². The Morgan fingerprint density at radius 2 is 1.45 bits per heavy atom. The lowest BCUT2D eigenvalue weighted by atomic mass is 9.90. The third kappa shape index (κ3) is 6.94. The Labute approximate surface area is 226 Å². The lowest BCUT2D eigenvalue weighted by Gasteiger charge is -2.34. The second-order valence-electron chi connectivity index (χ2n) is 10.6. The molecule has 1 amide bonds. The van der Waals surface area contributed by atoms with Crippen LogP contribution in [-0.2, 0) is 24.2 Å². The molecule has 0 N–H and O–H groups in total. The van der Waals surface area contributed by atoms with Crippen molar-refractivity contribution < 1.29 is 9.48 Å². The number of hydrogen-bond acceptors (Lipinski definition) is 5. The molecule has 0 atom stereocenters. The minimum atomic E-state index is 0.301. The Morgan fingerprint density at radius 3 is 2.24 bits per heavy atom. The lowest BCUT2D eigenvalue weighted by molar-refractivity contribution is -0.753. The van der Waals surface area contributed by atoms with E-state index in [0.717, 1.165) is 64.4 Å². The number of nitrogens with zero attached hydrogens (tertiary/aromatic N) is 6. The molecule has 2 aromatic heterocycles. The van der Waals surface area contributed by atoms with E-state index in [1.807, 2.05) is 11.0 Å². The van der Waals surface area contributed by atoms with Crippen LogP contribution in [0.15, 0.2) is 55.0 Å². The van der Waals surface area contributed by atoms with Gasteiger partial charge in [0.25, 0.3) is 0 Å². The Morgan fingerprint density at radius 1 is 0.763 bits per heavy atom. The summed E-state index contributed by atoms with van der Waals surface area (Å²) in [6.45, 7) is 4.15. The predicted octanol–water partition coefficient (Wildman–Crippen LogP) is 4.78. The Balaban J connectivity index is 0.898. The molecule has 1 fully saturated rings. The monoisotopic (exact) mass is 513 g/mol. The molecule has 1 aromatic carbocycles. The van der Waals surface area contributed by atoms with Gasteiger partial charge in [-0.15, -0.1) is 0 Å². The number of hydrogen-bond donors (Lipinski definition) is 0. The molecule has 2 aliphatic rings. The average Bonchev–Trinajstić information content (AvgIpc) is 2.98. The van der Waals surface area contributed by atoms with Crippen molar-refractivity contribution in [2.45, 2.75) is 77.2 Å². The first-order valence-corrected chi connectivity index (χ1v) is 14.6. The highest BCUT2D eigenvalue weighted by Gasteiger charge is 2.22.